The quantitative estimate of drug-likeness (QED) is 0.324. The number of likely N-dealkylation sites (N-methyl/N-ethyl adjacent to an activating group) is 2. The van der Waals surface area contributed by atoms with E-state index in [2.05, 4.69) is 16.4 Å². The van der Waals surface area contributed by atoms with Crippen LogP contribution in [0.15, 0.2) is 23.8 Å². The minimum atomic E-state index is -0.586. The van der Waals surface area contributed by atoms with Gasteiger partial charge in [-0.15, -0.1) is 0 Å². The van der Waals surface area contributed by atoms with Gasteiger partial charge in [0.2, 0.25) is 0 Å². The van der Waals surface area contributed by atoms with Crippen LogP contribution in [0.3, 0.4) is 0 Å². The third kappa shape index (κ3) is 5.47. The van der Waals surface area contributed by atoms with Gasteiger partial charge in [-0.2, -0.15) is 0 Å². The van der Waals surface area contributed by atoms with Crippen molar-refractivity contribution in [3.05, 3.63) is 23.8 Å². The molecule has 4 unspecified atom stereocenters. The molecule has 4 bridgehead atoms. The van der Waals surface area contributed by atoms with Crippen LogP contribution in [0.4, 0.5) is 0 Å². The number of carbonyl (C=O) groups is 3. The Morgan fingerprint density at radius 1 is 0.886 bits per heavy atom. The van der Waals surface area contributed by atoms with Gasteiger partial charge in [0.15, 0.2) is 0 Å². The van der Waals surface area contributed by atoms with Gasteiger partial charge in [0.1, 0.15) is 18.3 Å². The molecule has 4 saturated heterocycles. The fourth-order valence-corrected chi connectivity index (χ4v) is 6.16. The Labute approximate surface area is 207 Å². The van der Waals surface area contributed by atoms with Crippen molar-refractivity contribution in [2.75, 3.05) is 14.1 Å². The minimum Gasteiger partial charge on any atom is -0.462 e. The van der Waals surface area contributed by atoms with Gasteiger partial charge in [0.05, 0.1) is 18.6 Å². The Kier molecular flexibility index (Phi) is 7.68. The van der Waals surface area contributed by atoms with Gasteiger partial charge in [-0.25, -0.2) is 9.59 Å². The van der Waals surface area contributed by atoms with E-state index in [4.69, 9.17) is 14.2 Å². The Bertz CT molecular complexity index is 902. The Balaban J connectivity index is 1.25. The smallest absolute Gasteiger partial charge is 0.334 e. The van der Waals surface area contributed by atoms with Crippen molar-refractivity contribution >= 4 is 17.9 Å². The van der Waals surface area contributed by atoms with Crippen LogP contribution in [0.1, 0.15) is 58.8 Å². The topological polar surface area (TPSA) is 106 Å². The second-order valence-electron chi connectivity index (χ2n) is 10.6. The van der Waals surface area contributed by atoms with E-state index in [9.17, 15) is 19.5 Å². The second-order valence-corrected chi connectivity index (χ2v) is 10.6. The first-order chi connectivity index (χ1) is 16.6. The zero-order valence-corrected chi connectivity index (χ0v) is 21.1. The van der Waals surface area contributed by atoms with Crippen molar-refractivity contribution in [2.24, 2.45) is 0 Å². The lowest BCUT2D eigenvalue weighted by Crippen LogP contribution is -2.46. The fraction of sp³-hybridized carbons (Fsp3) is 0.731. The highest BCUT2D eigenvalue weighted by atomic mass is 16.6. The van der Waals surface area contributed by atoms with Crippen molar-refractivity contribution in [1.29, 1.82) is 0 Å². The first-order valence-electron chi connectivity index (χ1n) is 12.6. The predicted molar refractivity (Wildman–Crippen MR) is 127 cm³/mol. The lowest BCUT2D eigenvalue weighted by atomic mass is 10.00. The maximum atomic E-state index is 12.6. The van der Waals surface area contributed by atoms with Crippen LogP contribution >= 0.6 is 0 Å². The molecule has 0 amide bonds. The van der Waals surface area contributed by atoms with E-state index in [1.54, 1.807) is 19.9 Å². The Morgan fingerprint density at radius 3 is 2.09 bits per heavy atom. The Hall–Kier alpha value is -2.23. The Morgan fingerprint density at radius 2 is 1.46 bits per heavy atom. The van der Waals surface area contributed by atoms with Gasteiger partial charge in [0.25, 0.3) is 0 Å². The number of hydrogen-bond acceptors (Lipinski definition) is 9. The molecule has 4 aliphatic heterocycles. The van der Waals surface area contributed by atoms with E-state index in [-0.39, 0.29) is 66.5 Å². The maximum Gasteiger partial charge on any atom is 0.334 e. The molecule has 35 heavy (non-hydrogen) atoms. The predicted octanol–water partition coefficient (Wildman–Crippen LogP) is 1.73. The zero-order chi connectivity index (χ0) is 25.4. The number of allylic oxidation sites excluding steroid dienone is 1. The molecule has 0 aromatic heterocycles. The molecule has 0 spiro atoms. The molecular weight excluding hydrogens is 452 g/mol. The lowest BCUT2D eigenvalue weighted by Gasteiger charge is -2.36. The average molecular weight is 491 g/mol. The average Bonchev–Trinajstić information content (AvgIpc) is 3.07. The molecule has 1 N–H and O–H groups in total. The highest BCUT2D eigenvalue weighted by Gasteiger charge is 2.48. The molecule has 0 aromatic rings. The fourth-order valence-electron chi connectivity index (χ4n) is 6.16. The third-order valence-electron chi connectivity index (χ3n) is 8.38. The first kappa shape index (κ1) is 25.9. The summed E-state index contributed by atoms with van der Waals surface area (Å²) in [6, 6.07) is 0.338. The van der Waals surface area contributed by atoms with Crippen LogP contribution < -0.4 is 0 Å². The summed E-state index contributed by atoms with van der Waals surface area (Å²) in [5, 5.41) is 10.0. The van der Waals surface area contributed by atoms with Gasteiger partial charge < -0.3 is 19.3 Å². The van der Waals surface area contributed by atoms with Crippen molar-refractivity contribution in [1.82, 2.24) is 9.80 Å². The van der Waals surface area contributed by atoms with Crippen LogP contribution in [-0.2, 0) is 28.6 Å². The third-order valence-corrected chi connectivity index (χ3v) is 8.38. The van der Waals surface area contributed by atoms with E-state index in [0.717, 1.165) is 0 Å². The van der Waals surface area contributed by atoms with E-state index < -0.39 is 11.9 Å². The number of piperidine rings is 2. The molecule has 194 valence electrons. The van der Waals surface area contributed by atoms with E-state index >= 15 is 0 Å². The summed E-state index contributed by atoms with van der Waals surface area (Å²) in [5.74, 6) is -1.40. The lowest BCUT2D eigenvalue weighted by molar-refractivity contribution is -0.156. The number of fused-ring (bicyclic) bond motifs is 4. The molecule has 0 aliphatic carbocycles. The molecule has 9 heteroatoms. The molecular formula is C26H38N2O7. The molecule has 4 fully saturated rings. The van der Waals surface area contributed by atoms with Gasteiger partial charge in [-0.3, -0.25) is 14.6 Å². The number of hydrogen-bond donors (Lipinski definition) is 1. The minimum absolute atomic E-state index is 0.0117. The summed E-state index contributed by atoms with van der Waals surface area (Å²) < 4.78 is 17.1. The molecule has 4 rings (SSSR count). The van der Waals surface area contributed by atoms with Crippen LogP contribution in [-0.4, -0.2) is 95.5 Å². The van der Waals surface area contributed by atoms with Gasteiger partial charge in [-0.1, -0.05) is 12.7 Å². The highest BCUT2D eigenvalue weighted by molar-refractivity contribution is 5.93. The summed E-state index contributed by atoms with van der Waals surface area (Å²) in [5.41, 5.74) is 0.649. The zero-order valence-electron chi connectivity index (χ0n) is 21.1. The summed E-state index contributed by atoms with van der Waals surface area (Å²) in [6.45, 7) is 7.30. The van der Waals surface area contributed by atoms with Crippen molar-refractivity contribution < 1.29 is 33.7 Å². The number of esters is 3. The summed E-state index contributed by atoms with van der Waals surface area (Å²) >= 11 is 0. The highest BCUT2D eigenvalue weighted by Crippen LogP contribution is 2.38. The molecule has 4 heterocycles. The summed E-state index contributed by atoms with van der Waals surface area (Å²) in [7, 11) is 4.00. The van der Waals surface area contributed by atoms with Crippen LogP contribution in [0.2, 0.25) is 0 Å². The molecule has 0 aromatic carbocycles. The number of carbonyl (C=O) groups excluding carboxylic acids is 3. The van der Waals surface area contributed by atoms with Gasteiger partial charge in [-0.05, 0) is 40.8 Å². The van der Waals surface area contributed by atoms with Crippen molar-refractivity contribution in [2.45, 2.75) is 107 Å². The largest absolute Gasteiger partial charge is 0.462 e. The summed E-state index contributed by atoms with van der Waals surface area (Å²) in [4.78, 5) is 41.8. The van der Waals surface area contributed by atoms with Crippen LogP contribution in [0.5, 0.6) is 0 Å². The van der Waals surface area contributed by atoms with Gasteiger partial charge in [0, 0.05) is 55.0 Å². The number of aliphatic hydroxyl groups excluding tert-OH is 1. The van der Waals surface area contributed by atoms with E-state index in [1.165, 1.54) is 0 Å². The molecule has 9 nitrogen and oxygen atoms in total. The molecule has 8 atom stereocenters. The number of rotatable bonds is 7. The van der Waals surface area contributed by atoms with E-state index in [0.29, 0.717) is 44.1 Å². The SMILES string of the molecule is C=C(CC(=O)O[C@@H]1CC2C[C@@H](OC(=O)/C(C)=C/C)C(C1)N2C)C(=O)O[C@@H]1CC2C[C@@H](O)CC1N2C. The van der Waals surface area contributed by atoms with Gasteiger partial charge >= 0.3 is 17.9 Å². The first-order valence-corrected chi connectivity index (χ1v) is 12.6. The molecule has 0 saturated carbocycles. The number of nitrogens with zero attached hydrogens (tertiary/aromatic N) is 2. The van der Waals surface area contributed by atoms with E-state index in [1.807, 2.05) is 14.1 Å². The van der Waals surface area contributed by atoms with Crippen molar-refractivity contribution in [3.8, 4) is 0 Å². The monoisotopic (exact) mass is 490 g/mol. The molecule has 4 aliphatic rings. The normalized spacial score (nSPS) is 37.1. The van der Waals surface area contributed by atoms with Crippen LogP contribution in [0.25, 0.3) is 0 Å². The number of aliphatic hydroxyl groups is 1. The van der Waals surface area contributed by atoms with Crippen molar-refractivity contribution in [3.63, 3.8) is 0 Å². The standard InChI is InChI=1S/C26H38N2O7/c1-6-14(2)25(31)34-23-11-17-9-19(13-21(23)28(17)5)33-24(30)7-15(3)26(32)35-22-10-16-8-18(29)12-20(22)27(16)4/h6,16-23,29H,3,7-13H2,1-2,4-5H3/b14-6+/t16?,17?,18-,19-,20?,21?,22-,23-/m1/s1. The maximum absolute atomic E-state index is 12.6. The van der Waals surface area contributed by atoms with Crippen LogP contribution in [0, 0.1) is 0 Å². The second kappa shape index (κ2) is 10.4. The number of ether oxygens (including phenoxy) is 3. The molecule has 0 radical (unpaired) electrons. The summed E-state index contributed by atoms with van der Waals surface area (Å²) in [6.07, 6.45) is 4.17.